The molecule has 1 amide bonds. The number of nitrogens with one attached hydrogen (secondary N) is 1. The maximum absolute atomic E-state index is 12.2. The van der Waals surface area contributed by atoms with Crippen LogP contribution >= 0.6 is 0 Å². The number of alkyl carbamates (subject to hydrolysis) is 1. The van der Waals surface area contributed by atoms with Crippen molar-refractivity contribution in [2.24, 2.45) is 5.92 Å². The summed E-state index contributed by atoms with van der Waals surface area (Å²) in [7, 11) is 0. The van der Waals surface area contributed by atoms with Crippen LogP contribution in [0.15, 0.2) is 54.6 Å². The topological polar surface area (TPSA) is 75.6 Å². The van der Waals surface area contributed by atoms with E-state index in [4.69, 9.17) is 4.74 Å². The summed E-state index contributed by atoms with van der Waals surface area (Å²) in [6.07, 6.45) is 0.331. The molecule has 2 aromatic rings. The Hall–Kier alpha value is -2.82. The fraction of sp³-hybridized carbons (Fsp3) is 0.391. The Bertz CT molecular complexity index is 778. The number of rotatable bonds is 7. The summed E-state index contributed by atoms with van der Waals surface area (Å²) in [5.74, 6) is -1.45. The zero-order chi connectivity index (χ0) is 20.7. The average molecular weight is 383 g/mol. The number of ether oxygens (including phenoxy) is 1. The van der Waals surface area contributed by atoms with Gasteiger partial charge in [0, 0.05) is 6.04 Å². The van der Waals surface area contributed by atoms with E-state index in [1.54, 1.807) is 27.7 Å². The minimum Gasteiger partial charge on any atom is -0.481 e. The molecular formula is C23H29NO4. The summed E-state index contributed by atoms with van der Waals surface area (Å²) in [4.78, 5) is 23.4. The minimum absolute atomic E-state index is 0.328. The normalized spacial score (nSPS) is 13.4. The minimum atomic E-state index is -0.879. The fourth-order valence-electron chi connectivity index (χ4n) is 2.94. The van der Waals surface area contributed by atoms with Crippen molar-refractivity contribution in [2.45, 2.75) is 52.2 Å². The molecule has 28 heavy (non-hydrogen) atoms. The van der Waals surface area contributed by atoms with Crippen molar-refractivity contribution >= 4 is 12.1 Å². The summed E-state index contributed by atoms with van der Waals surface area (Å²) in [6, 6.07) is 17.8. The van der Waals surface area contributed by atoms with Crippen molar-refractivity contribution in [3.8, 4) is 11.1 Å². The van der Waals surface area contributed by atoms with Gasteiger partial charge in [0.2, 0.25) is 0 Å². The quantitative estimate of drug-likeness (QED) is 0.713. The van der Waals surface area contributed by atoms with Crippen molar-refractivity contribution in [3.63, 3.8) is 0 Å². The Morgan fingerprint density at radius 2 is 1.57 bits per heavy atom. The van der Waals surface area contributed by atoms with E-state index in [1.165, 1.54) is 0 Å². The highest BCUT2D eigenvalue weighted by molar-refractivity contribution is 5.70. The Kier molecular flexibility index (Phi) is 7.21. The summed E-state index contributed by atoms with van der Waals surface area (Å²) in [6.45, 7) is 7.03. The van der Waals surface area contributed by atoms with Crippen LogP contribution in [0, 0.1) is 5.92 Å². The van der Waals surface area contributed by atoms with Crippen molar-refractivity contribution in [3.05, 3.63) is 60.2 Å². The van der Waals surface area contributed by atoms with E-state index in [9.17, 15) is 14.7 Å². The van der Waals surface area contributed by atoms with Crippen LogP contribution < -0.4 is 5.32 Å². The number of carbonyl (C=O) groups is 2. The van der Waals surface area contributed by atoms with Crippen LogP contribution in [0.3, 0.4) is 0 Å². The number of amides is 1. The van der Waals surface area contributed by atoms with E-state index in [0.29, 0.717) is 12.8 Å². The zero-order valence-electron chi connectivity index (χ0n) is 16.9. The summed E-state index contributed by atoms with van der Waals surface area (Å²) < 4.78 is 5.33. The van der Waals surface area contributed by atoms with Gasteiger partial charge in [0.25, 0.3) is 0 Å². The molecule has 0 radical (unpaired) electrons. The molecule has 0 heterocycles. The molecule has 0 aliphatic heterocycles. The summed E-state index contributed by atoms with van der Waals surface area (Å²) in [5.41, 5.74) is 2.67. The first-order valence-corrected chi connectivity index (χ1v) is 9.51. The molecule has 0 bridgehead atoms. The van der Waals surface area contributed by atoms with Crippen LogP contribution in [-0.2, 0) is 16.0 Å². The van der Waals surface area contributed by atoms with Crippen molar-refractivity contribution in [2.75, 3.05) is 0 Å². The number of aliphatic carboxylic acids is 1. The van der Waals surface area contributed by atoms with Crippen molar-refractivity contribution in [1.29, 1.82) is 0 Å². The van der Waals surface area contributed by atoms with E-state index in [1.807, 2.05) is 42.5 Å². The third-order valence-corrected chi connectivity index (χ3v) is 4.32. The first-order valence-electron chi connectivity index (χ1n) is 9.51. The lowest BCUT2D eigenvalue weighted by molar-refractivity contribution is -0.141. The Morgan fingerprint density at radius 1 is 1.00 bits per heavy atom. The molecule has 0 spiro atoms. The van der Waals surface area contributed by atoms with Gasteiger partial charge in [-0.3, -0.25) is 4.79 Å². The third kappa shape index (κ3) is 7.06. The lowest BCUT2D eigenvalue weighted by Crippen LogP contribution is -2.41. The van der Waals surface area contributed by atoms with Crippen LogP contribution in [-0.4, -0.2) is 28.8 Å². The Morgan fingerprint density at radius 3 is 2.11 bits per heavy atom. The molecule has 2 aromatic carbocycles. The highest BCUT2D eigenvalue weighted by atomic mass is 16.6. The smallest absolute Gasteiger partial charge is 0.407 e. The van der Waals surface area contributed by atoms with Gasteiger partial charge in [0.05, 0.1) is 5.92 Å². The molecule has 2 N–H and O–H groups in total. The third-order valence-electron chi connectivity index (χ3n) is 4.32. The van der Waals surface area contributed by atoms with Gasteiger partial charge in [0.15, 0.2) is 0 Å². The Labute approximate surface area is 166 Å². The van der Waals surface area contributed by atoms with E-state index in [0.717, 1.165) is 16.7 Å². The SMILES string of the molecule is CC(C[C@@H](Cc1ccc(-c2ccccc2)cc1)NC(=O)OC(C)(C)C)C(=O)O. The van der Waals surface area contributed by atoms with Gasteiger partial charge >= 0.3 is 12.1 Å². The predicted molar refractivity (Wildman–Crippen MR) is 110 cm³/mol. The van der Waals surface area contributed by atoms with E-state index in [2.05, 4.69) is 17.4 Å². The summed E-state index contributed by atoms with van der Waals surface area (Å²) in [5, 5.41) is 12.1. The van der Waals surface area contributed by atoms with Gasteiger partial charge in [0.1, 0.15) is 5.60 Å². The molecule has 0 aliphatic carbocycles. The zero-order valence-corrected chi connectivity index (χ0v) is 16.9. The summed E-state index contributed by atoms with van der Waals surface area (Å²) >= 11 is 0. The molecule has 2 rings (SSSR count). The van der Waals surface area contributed by atoms with Gasteiger partial charge in [-0.2, -0.15) is 0 Å². The van der Waals surface area contributed by atoms with Crippen LogP contribution in [0.4, 0.5) is 4.79 Å². The molecule has 0 fully saturated rings. The predicted octanol–water partition coefficient (Wildman–Crippen LogP) is 4.90. The number of carboxylic acid groups (broad SMARTS) is 1. The van der Waals surface area contributed by atoms with Gasteiger partial charge < -0.3 is 15.2 Å². The second kappa shape index (κ2) is 9.40. The lowest BCUT2D eigenvalue weighted by atomic mass is 9.95. The van der Waals surface area contributed by atoms with Gasteiger partial charge in [-0.15, -0.1) is 0 Å². The number of carboxylic acids is 1. The van der Waals surface area contributed by atoms with Crippen molar-refractivity contribution < 1.29 is 19.4 Å². The molecule has 5 nitrogen and oxygen atoms in total. The number of hydrogen-bond donors (Lipinski definition) is 2. The first kappa shape index (κ1) is 21.5. The Balaban J connectivity index is 2.10. The fourth-order valence-corrected chi connectivity index (χ4v) is 2.94. The molecule has 0 saturated heterocycles. The molecule has 1 unspecified atom stereocenters. The lowest BCUT2D eigenvalue weighted by Gasteiger charge is -2.24. The standard InChI is InChI=1S/C23H29NO4/c1-16(21(25)26)14-20(24-22(27)28-23(2,3)4)15-17-10-12-19(13-11-17)18-8-6-5-7-9-18/h5-13,16,20H,14-15H2,1-4H3,(H,24,27)(H,25,26)/t16?,20-/m0/s1. The van der Waals surface area contributed by atoms with Crippen LogP contribution in [0.2, 0.25) is 0 Å². The highest BCUT2D eigenvalue weighted by Crippen LogP contribution is 2.21. The van der Waals surface area contributed by atoms with Gasteiger partial charge in [-0.05, 0) is 50.3 Å². The molecular weight excluding hydrogens is 354 g/mol. The second-order valence-electron chi connectivity index (χ2n) is 8.09. The van der Waals surface area contributed by atoms with Crippen LogP contribution in [0.5, 0.6) is 0 Å². The van der Waals surface area contributed by atoms with Gasteiger partial charge in [-0.1, -0.05) is 61.5 Å². The molecule has 0 aromatic heterocycles. The first-order chi connectivity index (χ1) is 13.1. The monoisotopic (exact) mass is 383 g/mol. The van der Waals surface area contributed by atoms with Gasteiger partial charge in [-0.25, -0.2) is 4.79 Å². The van der Waals surface area contributed by atoms with Crippen LogP contribution in [0.1, 0.15) is 39.7 Å². The largest absolute Gasteiger partial charge is 0.481 e. The maximum atomic E-state index is 12.2. The second-order valence-corrected chi connectivity index (χ2v) is 8.09. The van der Waals surface area contributed by atoms with Crippen LogP contribution in [0.25, 0.3) is 11.1 Å². The molecule has 150 valence electrons. The number of carbonyl (C=O) groups excluding carboxylic acids is 1. The van der Waals surface area contributed by atoms with E-state index in [-0.39, 0.29) is 6.04 Å². The maximum Gasteiger partial charge on any atom is 0.407 e. The number of hydrogen-bond acceptors (Lipinski definition) is 3. The molecule has 5 heteroatoms. The van der Waals surface area contributed by atoms with E-state index < -0.39 is 23.6 Å². The van der Waals surface area contributed by atoms with Crippen molar-refractivity contribution in [1.82, 2.24) is 5.32 Å². The highest BCUT2D eigenvalue weighted by Gasteiger charge is 2.23. The molecule has 0 aliphatic rings. The molecule has 2 atom stereocenters. The molecule has 0 saturated carbocycles. The van der Waals surface area contributed by atoms with E-state index >= 15 is 0 Å². The number of benzene rings is 2. The average Bonchev–Trinajstić information content (AvgIpc) is 2.61.